The first-order chi connectivity index (χ1) is 18.6. The van der Waals surface area contributed by atoms with Gasteiger partial charge in [-0.3, -0.25) is 9.98 Å². The minimum absolute atomic E-state index is 0.334. The van der Waals surface area contributed by atoms with Crippen LogP contribution in [0.3, 0.4) is 0 Å². The molecule has 0 radical (unpaired) electrons. The van der Waals surface area contributed by atoms with Crippen LogP contribution in [0, 0.1) is 17.2 Å². The molecule has 0 atom stereocenters. The standard InChI is InChI=1S/C23H28N4.C10H21N.C2H6/c1-8-18-9-22(25-15(2)3)17(5)26-23(10-18)19-11-20(13-24)16(4)21(12-19)14-27(6)7;1-8-6-9(2,3)11-10(4,5)7-8;1-2/h10-12,14H,4,8-9H2,1-3,5-7H3;8,11H,6-7H2,1-5H3;1-2H3/b21-14-;;. The number of allylic oxidation sites excluding steroid dienone is 3. The van der Waals surface area contributed by atoms with Gasteiger partial charge in [0.05, 0.1) is 28.7 Å². The van der Waals surface area contributed by atoms with Crippen molar-refractivity contribution in [2.24, 2.45) is 15.9 Å². The molecule has 2 aliphatic rings. The molecular formula is C35H55N5. The lowest BCUT2D eigenvalue weighted by molar-refractivity contribution is 0.138. The van der Waals surface area contributed by atoms with Gasteiger partial charge in [-0.2, -0.15) is 5.26 Å². The molecule has 0 spiro atoms. The Morgan fingerprint density at radius 1 is 1.18 bits per heavy atom. The predicted octanol–water partition coefficient (Wildman–Crippen LogP) is 7.10. The number of hydrogen-bond acceptors (Lipinski definition) is 5. The average molecular weight is 546 g/mol. The molecule has 5 nitrogen and oxygen atoms in total. The fraction of sp³-hybridized carbons (Fsp3) is 0.571. The van der Waals surface area contributed by atoms with Crippen molar-refractivity contribution in [3.05, 3.63) is 56.7 Å². The molecule has 0 aromatic heterocycles. The summed E-state index contributed by atoms with van der Waals surface area (Å²) in [6, 6.07) is 6.20. The minimum Gasteiger partial charge on any atom is -0.383 e. The normalized spacial score (nSPS) is 18.6. The molecule has 0 bridgehead atoms. The van der Waals surface area contributed by atoms with Crippen molar-refractivity contribution < 1.29 is 0 Å². The van der Waals surface area contributed by atoms with Crippen LogP contribution >= 0.6 is 0 Å². The van der Waals surface area contributed by atoms with Gasteiger partial charge < -0.3 is 10.2 Å². The van der Waals surface area contributed by atoms with Crippen LogP contribution in [0.1, 0.15) is 113 Å². The van der Waals surface area contributed by atoms with Gasteiger partial charge in [0.15, 0.2) is 0 Å². The Bertz CT molecular complexity index is 1280. The van der Waals surface area contributed by atoms with E-state index in [1.54, 1.807) is 0 Å². The quantitative estimate of drug-likeness (QED) is 0.411. The molecule has 1 aromatic carbocycles. The highest BCUT2D eigenvalue weighted by molar-refractivity contribution is 6.10. The highest BCUT2D eigenvalue weighted by Crippen LogP contribution is 2.32. The number of nitrogens with zero attached hydrogens (tertiary/aromatic N) is 4. The lowest BCUT2D eigenvalue weighted by Crippen LogP contribution is -2.57. The van der Waals surface area contributed by atoms with Gasteiger partial charge in [0, 0.05) is 49.1 Å². The third-order valence-corrected chi connectivity index (χ3v) is 6.75. The van der Waals surface area contributed by atoms with Crippen LogP contribution in [-0.4, -0.2) is 41.5 Å². The Labute approximate surface area is 245 Å². The lowest BCUT2D eigenvalue weighted by Gasteiger charge is -2.45. The molecule has 0 aliphatic carbocycles. The summed E-state index contributed by atoms with van der Waals surface area (Å²) in [6.45, 7) is 27.8. The van der Waals surface area contributed by atoms with Crippen LogP contribution in [0.25, 0.3) is 12.8 Å². The minimum atomic E-state index is 0.334. The van der Waals surface area contributed by atoms with Crippen molar-refractivity contribution in [3.63, 3.8) is 0 Å². The number of rotatable bonds is 4. The number of nitriles is 1. The molecular weight excluding hydrogens is 490 g/mol. The summed E-state index contributed by atoms with van der Waals surface area (Å²) < 4.78 is 0. The molecule has 220 valence electrons. The molecule has 1 aromatic rings. The van der Waals surface area contributed by atoms with Crippen LogP contribution in [0.5, 0.6) is 0 Å². The number of nitrogens with one attached hydrogen (secondary N) is 1. The summed E-state index contributed by atoms with van der Waals surface area (Å²) in [6.07, 6.45) is 8.45. The molecule has 1 fully saturated rings. The van der Waals surface area contributed by atoms with E-state index in [0.717, 1.165) is 57.6 Å². The Morgan fingerprint density at radius 3 is 2.20 bits per heavy atom. The Hall–Kier alpha value is -2.97. The SMILES string of the molecule is C=c1c(C#N)cc(C2=NC(C)=C(N=C(C)C)CC(CC)=C2)c/c1=C/N(C)C.CC.CC1CC(C)(C)NC(C)(C)C1. The van der Waals surface area contributed by atoms with Crippen molar-refractivity contribution in [3.8, 4) is 6.07 Å². The van der Waals surface area contributed by atoms with Crippen LogP contribution in [0.2, 0.25) is 0 Å². The molecule has 2 aliphatic heterocycles. The van der Waals surface area contributed by atoms with Crippen LogP contribution in [0.4, 0.5) is 0 Å². The van der Waals surface area contributed by atoms with Crippen LogP contribution < -0.4 is 15.8 Å². The van der Waals surface area contributed by atoms with Gasteiger partial charge in [-0.15, -0.1) is 0 Å². The maximum absolute atomic E-state index is 9.55. The van der Waals surface area contributed by atoms with E-state index in [1.165, 1.54) is 18.4 Å². The van der Waals surface area contributed by atoms with E-state index >= 15 is 0 Å². The summed E-state index contributed by atoms with van der Waals surface area (Å²) in [4.78, 5) is 11.5. The topological polar surface area (TPSA) is 63.8 Å². The molecule has 1 saturated heterocycles. The third-order valence-electron chi connectivity index (χ3n) is 6.75. The molecule has 0 saturated carbocycles. The number of aliphatic imine (C=N–C) groups is 2. The molecule has 3 rings (SSSR count). The molecule has 40 heavy (non-hydrogen) atoms. The Morgan fingerprint density at radius 2 is 1.75 bits per heavy atom. The van der Waals surface area contributed by atoms with Gasteiger partial charge in [0.25, 0.3) is 0 Å². The zero-order valence-electron chi connectivity index (χ0n) is 27.7. The molecule has 5 heteroatoms. The maximum Gasteiger partial charge on any atom is 0.0998 e. The second-order valence-electron chi connectivity index (χ2n) is 12.6. The summed E-state index contributed by atoms with van der Waals surface area (Å²) in [5, 5.41) is 14.9. The summed E-state index contributed by atoms with van der Waals surface area (Å²) >= 11 is 0. The summed E-state index contributed by atoms with van der Waals surface area (Å²) in [7, 11) is 3.92. The second-order valence-corrected chi connectivity index (χ2v) is 12.6. The fourth-order valence-electron chi connectivity index (χ4n) is 5.80. The van der Waals surface area contributed by atoms with Crippen LogP contribution in [0.15, 0.2) is 45.2 Å². The molecule has 0 amide bonds. The van der Waals surface area contributed by atoms with Crippen molar-refractivity contribution in [1.82, 2.24) is 10.2 Å². The Balaban J connectivity index is 0.000000512. The average Bonchev–Trinajstić information content (AvgIpc) is 2.97. The van der Waals surface area contributed by atoms with Crippen LogP contribution in [-0.2, 0) is 0 Å². The van der Waals surface area contributed by atoms with Gasteiger partial charge in [-0.05, 0) is 102 Å². The first-order valence-electron chi connectivity index (χ1n) is 14.8. The predicted molar refractivity (Wildman–Crippen MR) is 176 cm³/mol. The zero-order chi connectivity index (χ0) is 30.8. The van der Waals surface area contributed by atoms with E-state index in [0.29, 0.717) is 16.6 Å². The van der Waals surface area contributed by atoms with Crippen molar-refractivity contribution in [2.75, 3.05) is 14.1 Å². The number of piperidine rings is 1. The maximum atomic E-state index is 9.55. The zero-order valence-corrected chi connectivity index (χ0v) is 27.7. The highest BCUT2D eigenvalue weighted by Gasteiger charge is 2.35. The van der Waals surface area contributed by atoms with E-state index in [2.05, 4.69) is 76.6 Å². The van der Waals surface area contributed by atoms with E-state index in [-0.39, 0.29) is 0 Å². The van der Waals surface area contributed by atoms with Gasteiger partial charge in [-0.25, -0.2) is 0 Å². The fourth-order valence-corrected chi connectivity index (χ4v) is 5.80. The van der Waals surface area contributed by atoms with Gasteiger partial charge in [-0.1, -0.05) is 39.8 Å². The van der Waals surface area contributed by atoms with E-state index < -0.39 is 0 Å². The highest BCUT2D eigenvalue weighted by atomic mass is 15.0. The molecule has 2 heterocycles. The first-order valence-corrected chi connectivity index (χ1v) is 14.8. The van der Waals surface area contributed by atoms with Crippen molar-refractivity contribution >= 4 is 24.2 Å². The van der Waals surface area contributed by atoms with Crippen molar-refractivity contribution in [2.45, 2.75) is 113 Å². The van der Waals surface area contributed by atoms with E-state index in [1.807, 2.05) is 65.9 Å². The van der Waals surface area contributed by atoms with Gasteiger partial charge in [0.2, 0.25) is 0 Å². The lowest BCUT2D eigenvalue weighted by atomic mass is 9.77. The largest absolute Gasteiger partial charge is 0.383 e. The monoisotopic (exact) mass is 545 g/mol. The van der Waals surface area contributed by atoms with Gasteiger partial charge >= 0.3 is 0 Å². The molecule has 1 N–H and O–H groups in total. The number of hydrogen-bond donors (Lipinski definition) is 1. The van der Waals surface area contributed by atoms with E-state index in [4.69, 9.17) is 4.99 Å². The van der Waals surface area contributed by atoms with E-state index in [9.17, 15) is 5.26 Å². The first kappa shape index (κ1) is 35.1. The second kappa shape index (κ2) is 15.1. The Kier molecular flexibility index (Phi) is 13.3. The third kappa shape index (κ3) is 10.9. The van der Waals surface area contributed by atoms with Crippen molar-refractivity contribution in [1.29, 1.82) is 5.26 Å². The summed E-state index contributed by atoms with van der Waals surface area (Å²) in [5.74, 6) is 0.862. The smallest absolute Gasteiger partial charge is 0.0998 e. The van der Waals surface area contributed by atoms with Gasteiger partial charge in [0.1, 0.15) is 0 Å². The summed E-state index contributed by atoms with van der Waals surface area (Å²) in [5.41, 5.74) is 7.26. The molecule has 0 unspecified atom stereocenters. The number of benzene rings is 1.